The van der Waals surface area contributed by atoms with Crippen LogP contribution < -0.4 is 14.8 Å². The van der Waals surface area contributed by atoms with Crippen LogP contribution in [0.5, 0.6) is 11.5 Å². The third-order valence-corrected chi connectivity index (χ3v) is 5.92. The number of sulfonamides is 1. The molecule has 0 bridgehead atoms. The van der Waals surface area contributed by atoms with Gasteiger partial charge in [-0.05, 0) is 54.6 Å². The Morgan fingerprint density at radius 2 is 1.66 bits per heavy atom. The summed E-state index contributed by atoms with van der Waals surface area (Å²) >= 11 is 0. The van der Waals surface area contributed by atoms with E-state index in [-0.39, 0.29) is 11.4 Å². The number of benzene rings is 3. The van der Waals surface area contributed by atoms with Crippen LogP contribution in [0, 0.1) is 0 Å². The number of nitrogens with one attached hydrogen (secondary N) is 2. The zero-order valence-electron chi connectivity index (χ0n) is 16.9. The Bertz CT molecular complexity index is 1300. The molecule has 0 spiro atoms. The summed E-state index contributed by atoms with van der Waals surface area (Å²) in [7, 11) is -3.79. The number of anilines is 1. The smallest absolute Gasteiger partial charge is 0.259 e. The van der Waals surface area contributed by atoms with Gasteiger partial charge in [-0.25, -0.2) is 13.1 Å². The van der Waals surface area contributed by atoms with Crippen molar-refractivity contribution >= 4 is 21.6 Å². The van der Waals surface area contributed by atoms with Gasteiger partial charge in [0.2, 0.25) is 10.0 Å². The average Bonchev–Trinajstić information content (AvgIpc) is 3.33. The molecule has 0 saturated carbocycles. The molecule has 0 atom stereocenters. The van der Waals surface area contributed by atoms with Crippen LogP contribution in [-0.4, -0.2) is 14.3 Å². The molecule has 1 heterocycles. The molecule has 2 N–H and O–H groups in total. The Kier molecular flexibility index (Phi) is 6.34. The zero-order valence-corrected chi connectivity index (χ0v) is 17.7. The predicted octanol–water partition coefficient (Wildman–Crippen LogP) is 4.80. The van der Waals surface area contributed by atoms with Gasteiger partial charge in [-0.3, -0.25) is 4.79 Å². The van der Waals surface area contributed by atoms with Gasteiger partial charge < -0.3 is 14.5 Å². The highest BCUT2D eigenvalue weighted by Crippen LogP contribution is 2.26. The Morgan fingerprint density at radius 1 is 0.875 bits per heavy atom. The summed E-state index contributed by atoms with van der Waals surface area (Å²) in [6.45, 7) is 0.0239. The van der Waals surface area contributed by atoms with Crippen LogP contribution in [0.25, 0.3) is 0 Å². The molecule has 0 aliphatic rings. The lowest BCUT2D eigenvalue weighted by molar-refractivity contribution is 0.102. The van der Waals surface area contributed by atoms with Crippen molar-refractivity contribution in [1.82, 2.24) is 4.72 Å². The van der Waals surface area contributed by atoms with E-state index in [0.29, 0.717) is 28.5 Å². The summed E-state index contributed by atoms with van der Waals surface area (Å²) in [6, 6.07) is 25.3. The molecule has 0 radical (unpaired) electrons. The predicted molar refractivity (Wildman–Crippen MR) is 120 cm³/mol. The molecule has 0 aliphatic heterocycles. The van der Waals surface area contributed by atoms with Gasteiger partial charge >= 0.3 is 0 Å². The minimum absolute atomic E-state index is 0.0238. The monoisotopic (exact) mass is 448 g/mol. The number of ether oxygens (including phenoxy) is 1. The second kappa shape index (κ2) is 9.51. The first kappa shape index (κ1) is 21.4. The van der Waals surface area contributed by atoms with Crippen molar-refractivity contribution < 1.29 is 22.4 Å². The Balaban J connectivity index is 1.50. The molecular formula is C24H20N2O5S. The Hall–Kier alpha value is -3.88. The summed E-state index contributed by atoms with van der Waals surface area (Å²) in [5, 5.41) is 2.74. The fourth-order valence-corrected chi connectivity index (χ4v) is 4.00. The van der Waals surface area contributed by atoms with Gasteiger partial charge in [0.05, 0.1) is 23.3 Å². The summed E-state index contributed by atoms with van der Waals surface area (Å²) in [5.41, 5.74) is 0.658. The van der Waals surface area contributed by atoms with Gasteiger partial charge in [-0.15, -0.1) is 0 Å². The van der Waals surface area contributed by atoms with E-state index in [1.54, 1.807) is 60.7 Å². The lowest BCUT2D eigenvalue weighted by atomic mass is 10.2. The molecule has 4 aromatic rings. The van der Waals surface area contributed by atoms with E-state index in [2.05, 4.69) is 10.0 Å². The number of para-hydroxylation sites is 2. The minimum Gasteiger partial charge on any atom is -0.468 e. The first-order chi connectivity index (χ1) is 15.5. The van der Waals surface area contributed by atoms with Crippen molar-refractivity contribution in [3.63, 3.8) is 0 Å². The highest BCUT2D eigenvalue weighted by atomic mass is 32.2. The van der Waals surface area contributed by atoms with Gasteiger partial charge in [0.1, 0.15) is 17.3 Å². The molecule has 7 nitrogen and oxygen atoms in total. The molecule has 0 fully saturated rings. The Morgan fingerprint density at radius 3 is 2.44 bits per heavy atom. The van der Waals surface area contributed by atoms with Gasteiger partial charge in [0, 0.05) is 5.69 Å². The molecule has 8 heteroatoms. The normalized spacial score (nSPS) is 11.1. The van der Waals surface area contributed by atoms with E-state index in [9.17, 15) is 13.2 Å². The molecule has 0 aliphatic carbocycles. The van der Waals surface area contributed by atoms with Crippen LogP contribution in [0.3, 0.4) is 0 Å². The number of rotatable bonds is 8. The van der Waals surface area contributed by atoms with Gasteiger partial charge in [-0.1, -0.05) is 36.4 Å². The number of carbonyl (C=O) groups is 1. The van der Waals surface area contributed by atoms with E-state index in [0.717, 1.165) is 0 Å². The van der Waals surface area contributed by atoms with E-state index in [1.165, 1.54) is 18.4 Å². The van der Waals surface area contributed by atoms with Gasteiger partial charge in [0.15, 0.2) is 0 Å². The summed E-state index contributed by atoms with van der Waals surface area (Å²) in [5.74, 6) is 1.06. The topological polar surface area (TPSA) is 97.6 Å². The second-order valence-corrected chi connectivity index (χ2v) is 8.56. The van der Waals surface area contributed by atoms with E-state index < -0.39 is 15.9 Å². The molecule has 32 heavy (non-hydrogen) atoms. The number of furan rings is 1. The van der Waals surface area contributed by atoms with Crippen LogP contribution in [0.15, 0.2) is 107 Å². The van der Waals surface area contributed by atoms with Gasteiger partial charge in [0.25, 0.3) is 5.91 Å². The van der Waals surface area contributed by atoms with Crippen molar-refractivity contribution in [2.75, 3.05) is 5.32 Å². The first-order valence-electron chi connectivity index (χ1n) is 9.77. The van der Waals surface area contributed by atoms with Crippen LogP contribution in [0.1, 0.15) is 16.1 Å². The standard InChI is InChI=1S/C24H20N2O5S/c27-24(22-13-4-5-14-23(22)31-19-9-2-1-3-10-19)26-18-8-6-12-21(16-18)32(28,29)25-17-20-11-7-15-30-20/h1-16,25H,17H2,(H,26,27). The lowest BCUT2D eigenvalue weighted by Crippen LogP contribution is -2.23. The maximum absolute atomic E-state index is 12.9. The molecular weight excluding hydrogens is 428 g/mol. The van der Waals surface area contributed by atoms with Crippen molar-refractivity contribution in [2.45, 2.75) is 11.4 Å². The second-order valence-electron chi connectivity index (χ2n) is 6.80. The van der Waals surface area contributed by atoms with E-state index in [4.69, 9.17) is 9.15 Å². The third kappa shape index (κ3) is 5.23. The Labute approximate surface area is 185 Å². The lowest BCUT2D eigenvalue weighted by Gasteiger charge is -2.12. The largest absolute Gasteiger partial charge is 0.468 e. The maximum Gasteiger partial charge on any atom is 0.259 e. The summed E-state index contributed by atoms with van der Waals surface area (Å²) < 4.78 is 38.7. The van der Waals surface area contributed by atoms with Crippen molar-refractivity contribution in [3.8, 4) is 11.5 Å². The first-order valence-corrected chi connectivity index (χ1v) is 11.2. The highest BCUT2D eigenvalue weighted by molar-refractivity contribution is 7.89. The van der Waals surface area contributed by atoms with Crippen molar-refractivity contribution in [3.05, 3.63) is 109 Å². The minimum atomic E-state index is -3.79. The van der Waals surface area contributed by atoms with Crippen molar-refractivity contribution in [1.29, 1.82) is 0 Å². The molecule has 4 rings (SSSR count). The number of hydrogen-bond acceptors (Lipinski definition) is 5. The molecule has 162 valence electrons. The molecule has 1 amide bonds. The SMILES string of the molecule is O=C(Nc1cccc(S(=O)(=O)NCc2ccco2)c1)c1ccccc1Oc1ccccc1. The number of carbonyl (C=O) groups excluding carboxylic acids is 1. The molecule has 0 saturated heterocycles. The summed E-state index contributed by atoms with van der Waals surface area (Å²) in [6.07, 6.45) is 1.47. The quantitative estimate of drug-likeness (QED) is 0.403. The average molecular weight is 449 g/mol. The van der Waals surface area contributed by atoms with Crippen LogP contribution >= 0.6 is 0 Å². The fraction of sp³-hybridized carbons (Fsp3) is 0.0417. The molecule has 0 unspecified atom stereocenters. The van der Waals surface area contributed by atoms with Crippen LogP contribution in [0.2, 0.25) is 0 Å². The van der Waals surface area contributed by atoms with Crippen LogP contribution in [0.4, 0.5) is 5.69 Å². The van der Waals surface area contributed by atoms with Gasteiger partial charge in [-0.2, -0.15) is 0 Å². The fourth-order valence-electron chi connectivity index (χ4n) is 2.96. The number of hydrogen-bond donors (Lipinski definition) is 2. The summed E-state index contributed by atoms with van der Waals surface area (Å²) in [4.78, 5) is 12.9. The molecule has 1 aromatic heterocycles. The van der Waals surface area contributed by atoms with E-state index >= 15 is 0 Å². The maximum atomic E-state index is 12.9. The zero-order chi connectivity index (χ0) is 22.4. The molecule has 3 aromatic carbocycles. The highest BCUT2D eigenvalue weighted by Gasteiger charge is 2.17. The number of amides is 1. The van der Waals surface area contributed by atoms with E-state index in [1.807, 2.05) is 18.2 Å². The van der Waals surface area contributed by atoms with Crippen molar-refractivity contribution in [2.24, 2.45) is 0 Å². The third-order valence-electron chi connectivity index (χ3n) is 4.52. The van der Waals surface area contributed by atoms with Crippen LogP contribution in [-0.2, 0) is 16.6 Å².